The Labute approximate surface area is 141 Å². The number of fused-ring (bicyclic) bond motifs is 1. The highest BCUT2D eigenvalue weighted by Gasteiger charge is 2.22. The van der Waals surface area contributed by atoms with Crippen LogP contribution in [0.25, 0.3) is 0 Å². The molecule has 0 aliphatic carbocycles. The van der Waals surface area contributed by atoms with Crippen molar-refractivity contribution in [3.8, 4) is 0 Å². The monoisotopic (exact) mass is 335 g/mol. The van der Waals surface area contributed by atoms with E-state index in [9.17, 15) is 9.59 Å². The predicted octanol–water partition coefficient (Wildman–Crippen LogP) is 1.53. The molecule has 0 saturated carbocycles. The molecule has 1 atom stereocenters. The summed E-state index contributed by atoms with van der Waals surface area (Å²) in [6, 6.07) is 2.10. The van der Waals surface area contributed by atoms with E-state index >= 15 is 0 Å². The van der Waals surface area contributed by atoms with Crippen molar-refractivity contribution in [1.29, 1.82) is 0 Å². The molecule has 0 spiro atoms. The standard InChI is InChI=1S/C17H25N3O2S/c21-16(19-11-13-2-1-7-18-10-13)3-4-17(22)20-8-5-15-14(12-20)6-9-23-15/h6,9,13,18H,1-5,7-8,10-12H2,(H,19,21). The molecular weight excluding hydrogens is 310 g/mol. The highest BCUT2D eigenvalue weighted by molar-refractivity contribution is 7.10. The normalized spacial score (nSPS) is 20.9. The number of hydrogen-bond acceptors (Lipinski definition) is 4. The van der Waals surface area contributed by atoms with E-state index in [1.165, 1.54) is 23.3 Å². The van der Waals surface area contributed by atoms with Gasteiger partial charge in [0.05, 0.1) is 0 Å². The second-order valence-electron chi connectivity index (χ2n) is 6.45. The Bertz CT molecular complexity index is 552. The molecule has 1 aromatic heterocycles. The van der Waals surface area contributed by atoms with Crippen LogP contribution < -0.4 is 10.6 Å². The van der Waals surface area contributed by atoms with E-state index in [4.69, 9.17) is 0 Å². The average Bonchev–Trinajstić information content (AvgIpc) is 3.06. The van der Waals surface area contributed by atoms with Gasteiger partial charge in [-0.15, -0.1) is 11.3 Å². The van der Waals surface area contributed by atoms with Crippen LogP contribution >= 0.6 is 11.3 Å². The van der Waals surface area contributed by atoms with Crippen LogP contribution in [0.1, 0.15) is 36.1 Å². The molecule has 3 rings (SSSR count). The molecular formula is C17H25N3O2S. The molecule has 0 radical (unpaired) electrons. The third-order valence-electron chi connectivity index (χ3n) is 4.71. The Hall–Kier alpha value is -1.40. The number of nitrogens with zero attached hydrogens (tertiary/aromatic N) is 1. The SMILES string of the molecule is O=C(CCC(=O)N1CCc2sccc2C1)NCC1CCCNC1. The number of piperidine rings is 1. The fourth-order valence-electron chi connectivity index (χ4n) is 3.28. The van der Waals surface area contributed by atoms with Gasteiger partial charge in [-0.2, -0.15) is 0 Å². The van der Waals surface area contributed by atoms with Crippen molar-refractivity contribution < 1.29 is 9.59 Å². The molecule has 1 aromatic rings. The Morgan fingerprint density at radius 2 is 2.30 bits per heavy atom. The third-order valence-corrected chi connectivity index (χ3v) is 5.74. The van der Waals surface area contributed by atoms with Gasteiger partial charge in [0.15, 0.2) is 0 Å². The largest absolute Gasteiger partial charge is 0.356 e. The second kappa shape index (κ2) is 7.93. The Kier molecular flexibility index (Phi) is 5.67. The van der Waals surface area contributed by atoms with Gasteiger partial charge >= 0.3 is 0 Å². The maximum Gasteiger partial charge on any atom is 0.223 e. The Morgan fingerprint density at radius 1 is 1.39 bits per heavy atom. The van der Waals surface area contributed by atoms with E-state index < -0.39 is 0 Å². The summed E-state index contributed by atoms with van der Waals surface area (Å²) >= 11 is 1.77. The quantitative estimate of drug-likeness (QED) is 0.858. The lowest BCUT2D eigenvalue weighted by atomic mass is 10.00. The van der Waals surface area contributed by atoms with Gasteiger partial charge in [-0.05, 0) is 55.3 Å². The van der Waals surface area contributed by atoms with Gasteiger partial charge in [0.25, 0.3) is 0 Å². The molecule has 3 heterocycles. The molecule has 2 amide bonds. The van der Waals surface area contributed by atoms with Crippen LogP contribution in [0.5, 0.6) is 0 Å². The van der Waals surface area contributed by atoms with Crippen molar-refractivity contribution in [3.05, 3.63) is 21.9 Å². The van der Waals surface area contributed by atoms with E-state index in [1.54, 1.807) is 11.3 Å². The van der Waals surface area contributed by atoms with Gasteiger partial charge in [-0.1, -0.05) is 0 Å². The number of amides is 2. The van der Waals surface area contributed by atoms with Gasteiger partial charge < -0.3 is 15.5 Å². The number of nitrogens with one attached hydrogen (secondary N) is 2. The van der Waals surface area contributed by atoms with Crippen molar-refractivity contribution in [3.63, 3.8) is 0 Å². The maximum atomic E-state index is 12.3. The zero-order chi connectivity index (χ0) is 16.1. The Balaban J connectivity index is 1.36. The number of thiophene rings is 1. The molecule has 0 bridgehead atoms. The molecule has 1 unspecified atom stereocenters. The van der Waals surface area contributed by atoms with Crippen molar-refractivity contribution in [2.24, 2.45) is 5.92 Å². The van der Waals surface area contributed by atoms with E-state index in [-0.39, 0.29) is 11.8 Å². The molecule has 126 valence electrons. The van der Waals surface area contributed by atoms with Crippen LogP contribution in [0.4, 0.5) is 0 Å². The summed E-state index contributed by atoms with van der Waals surface area (Å²) in [6.07, 6.45) is 3.90. The van der Waals surface area contributed by atoms with Crippen LogP contribution in [-0.4, -0.2) is 42.9 Å². The van der Waals surface area contributed by atoms with Crippen LogP contribution in [0.2, 0.25) is 0 Å². The molecule has 1 fully saturated rings. The molecule has 23 heavy (non-hydrogen) atoms. The summed E-state index contributed by atoms with van der Waals surface area (Å²) in [5, 5.41) is 8.41. The fraction of sp³-hybridized carbons (Fsp3) is 0.647. The number of carbonyl (C=O) groups excluding carboxylic acids is 2. The summed E-state index contributed by atoms with van der Waals surface area (Å²) in [5.41, 5.74) is 1.27. The first-order valence-electron chi connectivity index (χ1n) is 8.53. The summed E-state index contributed by atoms with van der Waals surface area (Å²) in [5.74, 6) is 0.621. The van der Waals surface area contributed by atoms with Crippen molar-refractivity contribution in [2.75, 3.05) is 26.2 Å². The second-order valence-corrected chi connectivity index (χ2v) is 7.45. The van der Waals surface area contributed by atoms with Gasteiger partial charge in [0.2, 0.25) is 11.8 Å². The van der Waals surface area contributed by atoms with Crippen LogP contribution in [-0.2, 0) is 22.6 Å². The van der Waals surface area contributed by atoms with Gasteiger partial charge in [-0.25, -0.2) is 0 Å². The van der Waals surface area contributed by atoms with Crippen LogP contribution in [0.3, 0.4) is 0 Å². The highest BCUT2D eigenvalue weighted by atomic mass is 32.1. The summed E-state index contributed by atoms with van der Waals surface area (Å²) in [7, 11) is 0. The minimum Gasteiger partial charge on any atom is -0.356 e. The lowest BCUT2D eigenvalue weighted by Crippen LogP contribution is -2.39. The minimum absolute atomic E-state index is 0.00263. The first-order chi connectivity index (χ1) is 11.2. The smallest absolute Gasteiger partial charge is 0.223 e. The van der Waals surface area contributed by atoms with Gasteiger partial charge in [0, 0.05) is 37.4 Å². The van der Waals surface area contributed by atoms with Gasteiger partial charge in [0.1, 0.15) is 0 Å². The number of hydrogen-bond donors (Lipinski definition) is 2. The zero-order valence-corrected chi connectivity index (χ0v) is 14.3. The van der Waals surface area contributed by atoms with Crippen LogP contribution in [0.15, 0.2) is 11.4 Å². The Morgan fingerprint density at radius 3 is 3.13 bits per heavy atom. The van der Waals surface area contributed by atoms with E-state index in [1.807, 2.05) is 4.90 Å². The van der Waals surface area contributed by atoms with Crippen molar-refractivity contribution >= 4 is 23.2 Å². The van der Waals surface area contributed by atoms with E-state index in [0.717, 1.165) is 32.6 Å². The van der Waals surface area contributed by atoms with Crippen molar-refractivity contribution in [2.45, 2.75) is 38.6 Å². The molecule has 6 heteroatoms. The zero-order valence-electron chi connectivity index (χ0n) is 13.5. The summed E-state index contributed by atoms with van der Waals surface area (Å²) in [6.45, 7) is 4.27. The van der Waals surface area contributed by atoms with Gasteiger partial charge in [-0.3, -0.25) is 9.59 Å². The van der Waals surface area contributed by atoms with Crippen LogP contribution in [0, 0.1) is 5.92 Å². The molecule has 1 saturated heterocycles. The molecule has 2 aliphatic rings. The minimum atomic E-state index is -0.00263. The topological polar surface area (TPSA) is 61.4 Å². The predicted molar refractivity (Wildman–Crippen MR) is 91.3 cm³/mol. The molecule has 0 aromatic carbocycles. The fourth-order valence-corrected chi connectivity index (χ4v) is 4.17. The first-order valence-corrected chi connectivity index (χ1v) is 9.41. The maximum absolute atomic E-state index is 12.3. The number of carbonyl (C=O) groups is 2. The number of rotatable bonds is 5. The van der Waals surface area contributed by atoms with E-state index in [2.05, 4.69) is 22.1 Å². The molecule has 5 nitrogen and oxygen atoms in total. The van der Waals surface area contributed by atoms with Crippen molar-refractivity contribution in [1.82, 2.24) is 15.5 Å². The highest BCUT2D eigenvalue weighted by Crippen LogP contribution is 2.24. The molecule has 2 N–H and O–H groups in total. The lowest BCUT2D eigenvalue weighted by molar-refractivity contribution is -0.134. The average molecular weight is 335 g/mol. The summed E-state index contributed by atoms with van der Waals surface area (Å²) < 4.78 is 0. The first kappa shape index (κ1) is 16.5. The lowest BCUT2D eigenvalue weighted by Gasteiger charge is -2.27. The van der Waals surface area contributed by atoms with E-state index in [0.29, 0.717) is 25.3 Å². The third kappa shape index (κ3) is 4.54. The summed E-state index contributed by atoms with van der Waals surface area (Å²) in [4.78, 5) is 27.5. The molecule has 2 aliphatic heterocycles.